The summed E-state index contributed by atoms with van der Waals surface area (Å²) < 4.78 is 6.72. The van der Waals surface area contributed by atoms with Crippen LogP contribution in [0.1, 0.15) is 45.0 Å². The third kappa shape index (κ3) is 5.62. The minimum absolute atomic E-state index is 0.356. The first-order valence-corrected chi connectivity index (χ1v) is 13.1. The minimum atomic E-state index is -0.356. The van der Waals surface area contributed by atoms with Crippen LogP contribution in [-0.4, -0.2) is 22.6 Å². The Labute approximate surface area is 206 Å². The summed E-state index contributed by atoms with van der Waals surface area (Å²) >= 11 is 1.47. The van der Waals surface area contributed by atoms with Crippen molar-refractivity contribution in [3.8, 4) is 11.4 Å². The van der Waals surface area contributed by atoms with Gasteiger partial charge in [-0.15, -0.1) is 35.9 Å². The Balaban J connectivity index is 0.000000255. The zero-order valence-corrected chi connectivity index (χ0v) is 22.6. The molecule has 1 aliphatic rings. The second-order valence-electron chi connectivity index (χ2n) is 7.59. The number of hydrogen-bond donors (Lipinski definition) is 0. The van der Waals surface area contributed by atoms with Gasteiger partial charge in [-0.3, -0.25) is 4.98 Å². The Morgan fingerprint density at radius 1 is 0.969 bits per heavy atom. The fourth-order valence-electron chi connectivity index (χ4n) is 3.62. The first-order chi connectivity index (χ1) is 15.3. The molecule has 1 saturated carbocycles. The van der Waals surface area contributed by atoms with Crippen molar-refractivity contribution in [1.82, 2.24) is 9.55 Å². The molecule has 5 radical (unpaired) electrons. The summed E-state index contributed by atoms with van der Waals surface area (Å²) in [6.45, 7) is 11.0. The van der Waals surface area contributed by atoms with E-state index in [2.05, 4.69) is 55.3 Å². The number of aromatic nitrogens is 2. The van der Waals surface area contributed by atoms with Crippen LogP contribution in [-0.2, 0) is 29.7 Å². The van der Waals surface area contributed by atoms with E-state index < -0.39 is 0 Å². The number of carbonyl (C=O) groups is 1. The van der Waals surface area contributed by atoms with Gasteiger partial charge >= 0.3 is 33.4 Å². The van der Waals surface area contributed by atoms with Gasteiger partial charge in [0.2, 0.25) is 0 Å². The third-order valence-electron chi connectivity index (χ3n) is 6.06. The first-order valence-electron chi connectivity index (χ1n) is 10.1. The second-order valence-corrected chi connectivity index (χ2v) is 7.59. The molecule has 32 heavy (non-hydrogen) atoms. The monoisotopic (exact) mass is 628 g/mol. The summed E-state index contributed by atoms with van der Waals surface area (Å²) in [7, 11) is 7.96. The Morgan fingerprint density at radius 2 is 1.53 bits per heavy atom. The number of hydrogen-bond acceptors (Lipinski definition) is 3. The van der Waals surface area contributed by atoms with E-state index in [4.69, 9.17) is 4.74 Å². The standard InChI is InChI=1S/C16H13N2O2.C10H15.ClH.Ir/c1-18-14-9-8-12(16(19)20-2)10-13(14)17-15(18)11-6-4-3-5-7-11;1-6-7(2)9(4)10(5)8(6)3;;/h3-6,8-10H,1-2H3;1-5H3;1H;/q-1;;;+3/p-1. The van der Waals surface area contributed by atoms with Crippen LogP contribution in [0, 0.1) is 35.7 Å². The number of nitrogens with zero attached hydrogens (tertiary/aromatic N) is 2. The second kappa shape index (κ2) is 12.0. The van der Waals surface area contributed by atoms with Crippen LogP contribution in [0.3, 0.4) is 0 Å². The Morgan fingerprint density at radius 3 is 2.00 bits per heavy atom. The van der Waals surface area contributed by atoms with Crippen molar-refractivity contribution in [2.75, 3.05) is 7.11 Å². The van der Waals surface area contributed by atoms with E-state index in [-0.39, 0.29) is 5.97 Å². The van der Waals surface area contributed by atoms with Crippen molar-refractivity contribution in [1.29, 1.82) is 0 Å². The molecule has 0 atom stereocenters. The SMILES string of the molecule is COC(=O)c1ccc2c(c1)nc(-c1[c-]cccc1)n2C.C[C]1[C](C)[C](C)[C](C)[C]1C.[Cl][Ir+2]. The number of benzene rings is 2. The molecule has 0 N–H and O–H groups in total. The van der Waals surface area contributed by atoms with Gasteiger partial charge in [0, 0.05) is 7.05 Å². The number of esters is 1. The molecular weight excluding hydrogens is 600 g/mol. The molecule has 6 heteroatoms. The molecule has 0 spiro atoms. The predicted octanol–water partition coefficient (Wildman–Crippen LogP) is 6.49. The van der Waals surface area contributed by atoms with Crippen LogP contribution in [0.25, 0.3) is 22.4 Å². The van der Waals surface area contributed by atoms with Crippen molar-refractivity contribution >= 4 is 26.6 Å². The van der Waals surface area contributed by atoms with Gasteiger partial charge in [0.05, 0.1) is 29.5 Å². The zero-order chi connectivity index (χ0) is 24.0. The van der Waals surface area contributed by atoms with Gasteiger partial charge in [0.25, 0.3) is 0 Å². The van der Waals surface area contributed by atoms with Gasteiger partial charge < -0.3 is 9.30 Å². The van der Waals surface area contributed by atoms with Gasteiger partial charge in [-0.2, -0.15) is 0 Å². The number of rotatable bonds is 2. The molecule has 0 unspecified atom stereocenters. The molecule has 1 fully saturated rings. The maximum atomic E-state index is 11.6. The summed E-state index contributed by atoms with van der Waals surface area (Å²) in [5, 5.41) is 0. The predicted molar refractivity (Wildman–Crippen MR) is 127 cm³/mol. The Hall–Kier alpha value is -1.68. The van der Waals surface area contributed by atoms with Gasteiger partial charge in [-0.25, -0.2) is 4.79 Å². The summed E-state index contributed by atoms with van der Waals surface area (Å²) in [6.07, 6.45) is 0. The number of imidazole rings is 1. The van der Waals surface area contributed by atoms with E-state index in [0.717, 1.165) is 22.4 Å². The van der Waals surface area contributed by atoms with E-state index in [1.54, 1.807) is 12.1 Å². The van der Waals surface area contributed by atoms with Crippen molar-refractivity contribution < 1.29 is 27.4 Å². The van der Waals surface area contributed by atoms with Gasteiger partial charge in [-0.05, 0) is 47.8 Å². The molecule has 0 bridgehead atoms. The third-order valence-corrected chi connectivity index (χ3v) is 6.06. The molecule has 0 aliphatic heterocycles. The molecule has 4 rings (SSSR count). The number of aryl methyl sites for hydroxylation is 1. The molecule has 2 aromatic carbocycles. The van der Waals surface area contributed by atoms with E-state index >= 15 is 0 Å². The van der Waals surface area contributed by atoms with Crippen LogP contribution in [0.5, 0.6) is 0 Å². The fourth-order valence-corrected chi connectivity index (χ4v) is 3.62. The molecule has 169 valence electrons. The van der Waals surface area contributed by atoms with E-state index in [9.17, 15) is 4.79 Å². The van der Waals surface area contributed by atoms with Crippen molar-refractivity contribution in [3.05, 3.63) is 83.7 Å². The average Bonchev–Trinajstić information content (AvgIpc) is 3.26. The summed E-state index contributed by atoms with van der Waals surface area (Å²) in [6, 6.07) is 16.2. The Bertz CT molecular complexity index is 977. The van der Waals surface area contributed by atoms with E-state index in [1.807, 2.05) is 41.9 Å². The van der Waals surface area contributed by atoms with E-state index in [1.165, 1.54) is 54.6 Å². The first kappa shape index (κ1) is 26.6. The molecule has 3 aromatic rings. The molecule has 4 nitrogen and oxygen atoms in total. The number of carbonyl (C=O) groups excluding carboxylic acids is 1. The van der Waals surface area contributed by atoms with Gasteiger partial charge in [-0.1, -0.05) is 34.6 Å². The molecule has 1 heterocycles. The van der Waals surface area contributed by atoms with Gasteiger partial charge in [0.1, 0.15) is 0 Å². The van der Waals surface area contributed by atoms with Crippen LogP contribution in [0.15, 0.2) is 42.5 Å². The quantitative estimate of drug-likeness (QED) is 0.241. The van der Waals surface area contributed by atoms with Crippen LogP contribution in [0.2, 0.25) is 0 Å². The van der Waals surface area contributed by atoms with Crippen LogP contribution >= 0.6 is 9.58 Å². The number of methoxy groups -OCH3 is 1. The number of halogens is 1. The fraction of sp³-hybridized carbons (Fsp3) is 0.269. The molecule has 0 amide bonds. The Kier molecular flexibility index (Phi) is 9.94. The van der Waals surface area contributed by atoms with Crippen molar-refractivity contribution in [3.63, 3.8) is 0 Å². The average molecular weight is 628 g/mol. The molecule has 1 aliphatic carbocycles. The topological polar surface area (TPSA) is 44.1 Å². The summed E-state index contributed by atoms with van der Waals surface area (Å²) in [5.41, 5.74) is 3.15. The number of fused-ring (bicyclic) bond motifs is 1. The normalized spacial score (nSPS) is 15.8. The van der Waals surface area contributed by atoms with Crippen LogP contribution in [0.4, 0.5) is 0 Å². The molecule has 0 saturated heterocycles. The summed E-state index contributed by atoms with van der Waals surface area (Å²) in [5.74, 6) is 7.80. The maximum absolute atomic E-state index is 11.6. The van der Waals surface area contributed by atoms with Crippen molar-refractivity contribution in [2.24, 2.45) is 7.05 Å². The van der Waals surface area contributed by atoms with Crippen LogP contribution < -0.4 is 0 Å². The van der Waals surface area contributed by atoms with E-state index in [0.29, 0.717) is 5.56 Å². The number of ether oxygens (including phenoxy) is 1. The summed E-state index contributed by atoms with van der Waals surface area (Å²) in [4.78, 5) is 16.1. The van der Waals surface area contributed by atoms with Gasteiger partial charge in [0.15, 0.2) is 0 Å². The zero-order valence-electron chi connectivity index (χ0n) is 19.5. The molecule has 1 aromatic heterocycles. The van der Waals surface area contributed by atoms with Crippen molar-refractivity contribution in [2.45, 2.75) is 34.6 Å². The molecular formula is C26H28ClIrN2O2+.